The highest BCUT2D eigenvalue weighted by Gasteiger charge is 2.30. The third kappa shape index (κ3) is 4.24. The van der Waals surface area contributed by atoms with E-state index in [0.29, 0.717) is 18.3 Å². The van der Waals surface area contributed by atoms with Crippen molar-refractivity contribution in [2.45, 2.75) is 50.8 Å². The van der Waals surface area contributed by atoms with Gasteiger partial charge in [-0.15, -0.1) is 21.5 Å². The molecular weight excluding hydrogens is 504 g/mol. The second-order valence-electron chi connectivity index (χ2n) is 9.72. The smallest absolute Gasteiger partial charge is 0.268 e. The van der Waals surface area contributed by atoms with E-state index in [1.54, 1.807) is 34.8 Å². The first-order chi connectivity index (χ1) is 17.9. The Bertz CT molecular complexity index is 1670. The molecule has 1 atom stereocenters. The molecule has 0 amide bonds. The minimum atomic E-state index is -0.0471. The van der Waals surface area contributed by atoms with Gasteiger partial charge in [0.05, 0.1) is 30.9 Å². The molecule has 5 aromatic rings. The molecule has 0 radical (unpaired) electrons. The maximum atomic E-state index is 14.1. The number of hydrogen-bond donors (Lipinski definition) is 0. The average Bonchev–Trinajstić information content (AvgIpc) is 3.49. The Morgan fingerprint density at radius 1 is 1.19 bits per heavy atom. The van der Waals surface area contributed by atoms with Gasteiger partial charge < -0.3 is 9.47 Å². The Morgan fingerprint density at radius 2 is 2.00 bits per heavy atom. The van der Waals surface area contributed by atoms with E-state index >= 15 is 0 Å². The second-order valence-corrected chi connectivity index (χ2v) is 11.7. The van der Waals surface area contributed by atoms with Gasteiger partial charge in [0.25, 0.3) is 5.56 Å². The minimum Gasteiger partial charge on any atom is -0.497 e. The fourth-order valence-corrected chi connectivity index (χ4v) is 7.02. The summed E-state index contributed by atoms with van der Waals surface area (Å²) in [5.41, 5.74) is 4.09. The molecule has 190 valence electrons. The molecule has 3 aromatic heterocycles. The standard InChI is InChI=1S/C28H28N4O3S2/c1-16(2)22-13-21-23(14-35-22)37-26-24(21)25(33)31(19-7-5-6-17(3)12-19)27-29-30-28(32(26)27)36-15-18-8-10-20(34-4)11-9-18/h5-12,16,22H,13-15H2,1-4H3. The minimum absolute atomic E-state index is 0.0471. The van der Waals surface area contributed by atoms with Crippen LogP contribution in [0.5, 0.6) is 5.75 Å². The van der Waals surface area contributed by atoms with Crippen molar-refractivity contribution in [1.82, 2.24) is 19.2 Å². The quantitative estimate of drug-likeness (QED) is 0.257. The number of aromatic nitrogens is 4. The van der Waals surface area contributed by atoms with E-state index in [1.807, 2.05) is 43.3 Å². The van der Waals surface area contributed by atoms with Crippen LogP contribution in [0.2, 0.25) is 0 Å². The lowest BCUT2D eigenvalue weighted by Crippen LogP contribution is -2.28. The van der Waals surface area contributed by atoms with Gasteiger partial charge in [-0.1, -0.05) is 49.9 Å². The van der Waals surface area contributed by atoms with Crippen molar-refractivity contribution in [3.8, 4) is 11.4 Å². The van der Waals surface area contributed by atoms with Crippen LogP contribution in [0.1, 0.15) is 35.4 Å². The molecule has 0 N–H and O–H groups in total. The van der Waals surface area contributed by atoms with E-state index in [1.165, 1.54) is 0 Å². The van der Waals surface area contributed by atoms with E-state index in [4.69, 9.17) is 9.47 Å². The van der Waals surface area contributed by atoms with E-state index in [9.17, 15) is 4.79 Å². The van der Waals surface area contributed by atoms with E-state index in [-0.39, 0.29) is 11.7 Å². The monoisotopic (exact) mass is 532 g/mol. The van der Waals surface area contributed by atoms with Crippen LogP contribution >= 0.6 is 23.1 Å². The van der Waals surface area contributed by atoms with Crippen LogP contribution in [-0.2, 0) is 23.5 Å². The predicted molar refractivity (Wildman–Crippen MR) is 148 cm³/mol. The SMILES string of the molecule is COc1ccc(CSc2nnc3n(-c4cccc(C)c4)c(=O)c4c5c(sc4n23)COC(C(C)C)C5)cc1. The molecular formula is C28H28N4O3S2. The van der Waals surface area contributed by atoms with Crippen molar-refractivity contribution in [1.29, 1.82) is 0 Å². The molecule has 0 saturated heterocycles. The first-order valence-electron chi connectivity index (χ1n) is 12.3. The highest BCUT2D eigenvalue weighted by Crippen LogP contribution is 2.38. The van der Waals surface area contributed by atoms with Gasteiger partial charge in [-0.25, -0.2) is 8.97 Å². The fraction of sp³-hybridized carbons (Fsp3) is 0.321. The summed E-state index contributed by atoms with van der Waals surface area (Å²) in [6.45, 7) is 6.89. The molecule has 0 spiro atoms. The summed E-state index contributed by atoms with van der Waals surface area (Å²) >= 11 is 3.24. The Hall–Kier alpha value is -3.14. The molecule has 4 heterocycles. The molecule has 1 unspecified atom stereocenters. The summed E-state index contributed by atoms with van der Waals surface area (Å²) in [6.07, 6.45) is 0.829. The fourth-order valence-electron chi connectivity index (χ4n) is 4.83. The van der Waals surface area contributed by atoms with Gasteiger partial charge in [-0.2, -0.15) is 0 Å². The second kappa shape index (κ2) is 9.63. The lowest BCUT2D eigenvalue weighted by Gasteiger charge is -2.26. The maximum Gasteiger partial charge on any atom is 0.268 e. The average molecular weight is 533 g/mol. The van der Waals surface area contributed by atoms with E-state index in [0.717, 1.165) is 60.6 Å². The summed E-state index contributed by atoms with van der Waals surface area (Å²) in [5, 5.41) is 10.6. The molecule has 0 aliphatic carbocycles. The van der Waals surface area contributed by atoms with Crippen LogP contribution < -0.4 is 10.3 Å². The largest absolute Gasteiger partial charge is 0.497 e. The zero-order valence-corrected chi connectivity index (χ0v) is 22.9. The van der Waals surface area contributed by atoms with Crippen molar-refractivity contribution < 1.29 is 9.47 Å². The number of thiophene rings is 1. The zero-order valence-electron chi connectivity index (χ0n) is 21.2. The highest BCUT2D eigenvalue weighted by molar-refractivity contribution is 7.98. The molecule has 2 aromatic carbocycles. The normalized spacial score (nSPS) is 15.5. The lowest BCUT2D eigenvalue weighted by molar-refractivity contribution is 0.00200. The van der Waals surface area contributed by atoms with Gasteiger partial charge >= 0.3 is 0 Å². The van der Waals surface area contributed by atoms with Crippen molar-refractivity contribution in [3.63, 3.8) is 0 Å². The van der Waals surface area contributed by atoms with Gasteiger partial charge in [-0.05, 0) is 53.8 Å². The molecule has 0 bridgehead atoms. The van der Waals surface area contributed by atoms with Crippen molar-refractivity contribution in [2.75, 3.05) is 7.11 Å². The predicted octanol–water partition coefficient (Wildman–Crippen LogP) is 5.80. The number of ether oxygens (including phenoxy) is 2. The topological polar surface area (TPSA) is 70.7 Å². The van der Waals surface area contributed by atoms with Gasteiger partial charge in [0, 0.05) is 17.1 Å². The van der Waals surface area contributed by atoms with Crippen LogP contribution in [0.25, 0.3) is 21.7 Å². The van der Waals surface area contributed by atoms with Crippen molar-refractivity contribution in [3.05, 3.63) is 80.5 Å². The number of nitrogens with zero attached hydrogens (tertiary/aromatic N) is 4. The van der Waals surface area contributed by atoms with Crippen LogP contribution in [0, 0.1) is 12.8 Å². The number of hydrogen-bond acceptors (Lipinski definition) is 7. The number of thioether (sulfide) groups is 1. The number of benzene rings is 2. The Morgan fingerprint density at radius 3 is 2.73 bits per heavy atom. The number of aryl methyl sites for hydroxylation is 1. The van der Waals surface area contributed by atoms with E-state index < -0.39 is 0 Å². The summed E-state index contributed by atoms with van der Waals surface area (Å²) in [4.78, 5) is 16.2. The third-order valence-electron chi connectivity index (χ3n) is 6.87. The van der Waals surface area contributed by atoms with Crippen LogP contribution in [0.15, 0.2) is 58.5 Å². The molecule has 37 heavy (non-hydrogen) atoms. The zero-order chi connectivity index (χ0) is 25.7. The summed E-state index contributed by atoms with van der Waals surface area (Å²) < 4.78 is 15.2. The summed E-state index contributed by atoms with van der Waals surface area (Å²) in [7, 11) is 1.67. The molecule has 6 rings (SSSR count). The van der Waals surface area contributed by atoms with Crippen LogP contribution in [0.3, 0.4) is 0 Å². The summed E-state index contributed by atoms with van der Waals surface area (Å²) in [6, 6.07) is 16.0. The van der Waals surface area contributed by atoms with Gasteiger partial charge in [0.1, 0.15) is 10.6 Å². The number of methoxy groups -OCH3 is 1. The van der Waals surface area contributed by atoms with Gasteiger partial charge in [0.15, 0.2) is 5.16 Å². The molecule has 1 aliphatic heterocycles. The van der Waals surface area contributed by atoms with Crippen LogP contribution in [0.4, 0.5) is 0 Å². The molecule has 1 aliphatic rings. The van der Waals surface area contributed by atoms with Crippen molar-refractivity contribution >= 4 is 39.1 Å². The third-order valence-corrected chi connectivity index (χ3v) is 9.06. The van der Waals surface area contributed by atoms with E-state index in [2.05, 4.69) is 40.6 Å². The Kier molecular flexibility index (Phi) is 6.30. The lowest BCUT2D eigenvalue weighted by atomic mass is 9.96. The number of fused-ring (bicyclic) bond motifs is 5. The maximum absolute atomic E-state index is 14.1. The first kappa shape index (κ1) is 24.2. The highest BCUT2D eigenvalue weighted by atomic mass is 32.2. The number of rotatable bonds is 6. The van der Waals surface area contributed by atoms with Gasteiger partial charge in [-0.3, -0.25) is 4.79 Å². The molecule has 0 fully saturated rings. The molecule has 0 saturated carbocycles. The van der Waals surface area contributed by atoms with Crippen molar-refractivity contribution in [2.24, 2.45) is 5.92 Å². The Labute approximate surface area is 223 Å². The molecule has 7 nitrogen and oxygen atoms in total. The first-order valence-corrected chi connectivity index (χ1v) is 14.1. The molecule has 9 heteroatoms. The summed E-state index contributed by atoms with van der Waals surface area (Å²) in [5.74, 6) is 2.45. The van der Waals surface area contributed by atoms with Crippen LogP contribution in [-0.4, -0.2) is 32.4 Å². The van der Waals surface area contributed by atoms with Gasteiger partial charge in [0.2, 0.25) is 5.78 Å². The Balaban J connectivity index is 1.55.